The lowest BCUT2D eigenvalue weighted by Gasteiger charge is -2.32. The second kappa shape index (κ2) is 7.88. The molecule has 1 aromatic heterocycles. The molecule has 4 nitrogen and oxygen atoms in total. The average molecular weight is 331 g/mol. The highest BCUT2D eigenvalue weighted by atomic mass is 32.1. The Hall–Kier alpha value is -1.46. The quantitative estimate of drug-likeness (QED) is 0.871. The van der Waals surface area contributed by atoms with Crippen LogP contribution >= 0.6 is 11.5 Å². The van der Waals surface area contributed by atoms with Crippen molar-refractivity contribution >= 4 is 16.7 Å². The van der Waals surface area contributed by atoms with Crippen molar-refractivity contribution in [1.29, 1.82) is 0 Å². The van der Waals surface area contributed by atoms with Crippen molar-refractivity contribution in [2.45, 2.75) is 45.2 Å². The van der Waals surface area contributed by atoms with Gasteiger partial charge in [-0.05, 0) is 44.7 Å². The molecule has 2 aromatic rings. The number of nitrogens with one attached hydrogen (secondary N) is 1. The van der Waals surface area contributed by atoms with E-state index in [2.05, 4.69) is 57.0 Å². The van der Waals surface area contributed by atoms with Gasteiger partial charge in [-0.1, -0.05) is 36.8 Å². The van der Waals surface area contributed by atoms with Gasteiger partial charge in [0.1, 0.15) is 5.82 Å². The van der Waals surface area contributed by atoms with Crippen LogP contribution in [0.2, 0.25) is 0 Å². The molecule has 0 radical (unpaired) electrons. The van der Waals surface area contributed by atoms with Gasteiger partial charge in [-0.3, -0.25) is 0 Å². The fraction of sp³-hybridized carbons (Fsp3) is 0.556. The normalized spacial score (nSPS) is 21.5. The number of hydrogen-bond acceptors (Lipinski definition) is 5. The van der Waals surface area contributed by atoms with Gasteiger partial charge in [0.2, 0.25) is 5.13 Å². The fourth-order valence-electron chi connectivity index (χ4n) is 3.52. The molecule has 124 valence electrons. The van der Waals surface area contributed by atoms with Crippen molar-refractivity contribution in [3.8, 4) is 0 Å². The minimum Gasteiger partial charge on any atom is -0.358 e. The van der Waals surface area contributed by atoms with Crippen molar-refractivity contribution in [2.24, 2.45) is 5.92 Å². The Kier molecular flexibility index (Phi) is 5.62. The first kappa shape index (κ1) is 16.4. The maximum atomic E-state index is 4.43. The van der Waals surface area contributed by atoms with E-state index in [9.17, 15) is 0 Å². The van der Waals surface area contributed by atoms with Crippen molar-refractivity contribution in [1.82, 2.24) is 14.3 Å². The van der Waals surface area contributed by atoms with Crippen LogP contribution in [0.25, 0.3) is 0 Å². The van der Waals surface area contributed by atoms with Gasteiger partial charge in [0, 0.05) is 30.7 Å². The van der Waals surface area contributed by atoms with Crippen molar-refractivity contribution in [2.75, 3.05) is 18.9 Å². The number of hydrogen-bond donors (Lipinski definition) is 1. The van der Waals surface area contributed by atoms with Gasteiger partial charge >= 0.3 is 0 Å². The van der Waals surface area contributed by atoms with Crippen molar-refractivity contribution < 1.29 is 0 Å². The fourth-order valence-corrected chi connectivity index (χ4v) is 4.17. The lowest BCUT2D eigenvalue weighted by atomic mass is 9.85. The van der Waals surface area contributed by atoms with Crippen molar-refractivity contribution in [3.05, 3.63) is 41.7 Å². The third-order valence-corrected chi connectivity index (χ3v) is 5.24. The summed E-state index contributed by atoms with van der Waals surface area (Å²) in [5.41, 5.74) is 1.39. The second-order valence-electron chi connectivity index (χ2n) is 6.70. The van der Waals surface area contributed by atoms with Gasteiger partial charge in [-0.15, -0.1) is 0 Å². The van der Waals surface area contributed by atoms with Crippen LogP contribution in [0.3, 0.4) is 0 Å². The predicted octanol–water partition coefficient (Wildman–Crippen LogP) is 3.95. The standard InChI is InChI=1S/C18H26N4S/c1-14-19-18(23-21-14)20-17-10-6-9-16(11-17)13-22(2)12-15-7-4-3-5-8-15/h3-5,7-8,16-17H,6,9-13H2,1-2H3,(H,19,20,21)/t16-,17-/m1/s1. The first-order valence-corrected chi connectivity index (χ1v) is 9.25. The molecule has 1 aliphatic carbocycles. The Morgan fingerprint density at radius 3 is 2.83 bits per heavy atom. The zero-order valence-corrected chi connectivity index (χ0v) is 14.9. The molecule has 1 aromatic carbocycles. The van der Waals surface area contributed by atoms with E-state index in [1.54, 1.807) is 0 Å². The van der Waals surface area contributed by atoms with Gasteiger partial charge in [-0.25, -0.2) is 4.98 Å². The van der Waals surface area contributed by atoms with Crippen LogP contribution < -0.4 is 5.32 Å². The van der Waals surface area contributed by atoms with Gasteiger partial charge in [0.25, 0.3) is 0 Å². The lowest BCUT2D eigenvalue weighted by Crippen LogP contribution is -2.33. The molecule has 1 saturated carbocycles. The summed E-state index contributed by atoms with van der Waals surface area (Å²) in [7, 11) is 2.23. The molecule has 2 atom stereocenters. The second-order valence-corrected chi connectivity index (χ2v) is 7.45. The Bertz CT molecular complexity index is 598. The number of aryl methyl sites for hydroxylation is 1. The number of aromatic nitrogens is 2. The number of rotatable bonds is 6. The summed E-state index contributed by atoms with van der Waals surface area (Å²) in [5, 5.41) is 4.56. The van der Waals surface area contributed by atoms with Crippen LogP contribution in [0.1, 0.15) is 37.1 Å². The number of benzene rings is 1. The topological polar surface area (TPSA) is 41.1 Å². The van der Waals surface area contributed by atoms with E-state index in [1.807, 2.05) is 6.92 Å². The Morgan fingerprint density at radius 2 is 2.09 bits per heavy atom. The summed E-state index contributed by atoms with van der Waals surface area (Å²) in [4.78, 5) is 6.89. The molecule has 0 aliphatic heterocycles. The monoisotopic (exact) mass is 330 g/mol. The highest BCUT2D eigenvalue weighted by molar-refractivity contribution is 7.09. The molecule has 0 unspecified atom stereocenters. The minimum absolute atomic E-state index is 0.547. The third kappa shape index (κ3) is 5.01. The molecular formula is C18H26N4S. The highest BCUT2D eigenvalue weighted by Crippen LogP contribution is 2.28. The third-order valence-electron chi connectivity index (χ3n) is 4.50. The average Bonchev–Trinajstić information content (AvgIpc) is 2.93. The summed E-state index contributed by atoms with van der Waals surface area (Å²) < 4.78 is 4.26. The first-order valence-electron chi connectivity index (χ1n) is 8.48. The van der Waals surface area contributed by atoms with E-state index in [0.29, 0.717) is 6.04 Å². The number of nitrogens with zero attached hydrogens (tertiary/aromatic N) is 3. The molecule has 0 amide bonds. The largest absolute Gasteiger partial charge is 0.358 e. The van der Waals surface area contributed by atoms with Crippen LogP contribution in [0.15, 0.2) is 30.3 Å². The summed E-state index contributed by atoms with van der Waals surface area (Å²) in [6.45, 7) is 4.15. The van der Waals surface area contributed by atoms with E-state index in [-0.39, 0.29) is 0 Å². The molecule has 0 saturated heterocycles. The maximum Gasteiger partial charge on any atom is 0.202 e. The van der Waals surface area contributed by atoms with Crippen LogP contribution in [0, 0.1) is 12.8 Å². The van der Waals surface area contributed by atoms with Crippen LogP contribution in [0.5, 0.6) is 0 Å². The van der Waals surface area contributed by atoms with E-state index < -0.39 is 0 Å². The van der Waals surface area contributed by atoms with E-state index in [0.717, 1.165) is 23.4 Å². The summed E-state index contributed by atoms with van der Waals surface area (Å²) in [6, 6.07) is 11.3. The zero-order chi connectivity index (χ0) is 16.1. The molecule has 23 heavy (non-hydrogen) atoms. The van der Waals surface area contributed by atoms with E-state index in [4.69, 9.17) is 0 Å². The van der Waals surface area contributed by atoms with Crippen LogP contribution in [0.4, 0.5) is 5.13 Å². The zero-order valence-electron chi connectivity index (χ0n) is 14.0. The predicted molar refractivity (Wildman–Crippen MR) is 96.8 cm³/mol. The molecular weight excluding hydrogens is 304 g/mol. The first-order chi connectivity index (χ1) is 11.2. The highest BCUT2D eigenvalue weighted by Gasteiger charge is 2.23. The maximum absolute atomic E-state index is 4.43. The summed E-state index contributed by atoms with van der Waals surface area (Å²) >= 11 is 1.48. The Labute approximate surface area is 143 Å². The smallest absolute Gasteiger partial charge is 0.202 e. The molecule has 0 bridgehead atoms. The molecule has 1 fully saturated rings. The Balaban J connectivity index is 1.48. The van der Waals surface area contributed by atoms with Crippen LogP contribution in [-0.2, 0) is 6.54 Å². The minimum atomic E-state index is 0.547. The van der Waals surface area contributed by atoms with Gasteiger partial charge < -0.3 is 10.2 Å². The van der Waals surface area contributed by atoms with Gasteiger partial charge in [0.15, 0.2) is 0 Å². The van der Waals surface area contributed by atoms with Gasteiger partial charge in [-0.2, -0.15) is 4.37 Å². The lowest BCUT2D eigenvalue weighted by molar-refractivity contribution is 0.221. The SMILES string of the molecule is Cc1nsc(N[C@@H]2CCC[C@@H](CN(C)Cc3ccccc3)C2)n1. The number of anilines is 1. The summed E-state index contributed by atoms with van der Waals surface area (Å²) in [6.07, 6.45) is 5.13. The molecule has 0 spiro atoms. The molecule has 1 N–H and O–H groups in total. The van der Waals surface area contributed by atoms with Crippen molar-refractivity contribution in [3.63, 3.8) is 0 Å². The molecule has 1 heterocycles. The molecule has 5 heteroatoms. The Morgan fingerprint density at radius 1 is 1.26 bits per heavy atom. The molecule has 1 aliphatic rings. The summed E-state index contributed by atoms with van der Waals surface area (Å²) in [5.74, 6) is 1.64. The molecule has 3 rings (SSSR count). The van der Waals surface area contributed by atoms with E-state index >= 15 is 0 Å². The van der Waals surface area contributed by atoms with E-state index in [1.165, 1.54) is 49.3 Å². The van der Waals surface area contributed by atoms with Crippen LogP contribution in [-0.4, -0.2) is 33.9 Å². The van der Waals surface area contributed by atoms with Gasteiger partial charge in [0.05, 0.1) is 0 Å².